The average molecular weight is 494 g/mol. The monoisotopic (exact) mass is 493 g/mol. The molecule has 190 valence electrons. The molecule has 2 N–H and O–H groups in total. The van der Waals surface area contributed by atoms with Gasteiger partial charge in [-0.3, -0.25) is 0 Å². The fourth-order valence-electron chi connectivity index (χ4n) is 5.92. The molecular formula is C33H35NO3. The molecule has 0 bridgehead atoms. The van der Waals surface area contributed by atoms with E-state index in [2.05, 4.69) is 66.8 Å². The van der Waals surface area contributed by atoms with Crippen LogP contribution in [-0.4, -0.2) is 23.7 Å². The quantitative estimate of drug-likeness (QED) is 0.249. The maximum Gasteiger partial charge on any atom is 0.336 e. The van der Waals surface area contributed by atoms with Gasteiger partial charge in [0.05, 0.1) is 11.7 Å². The van der Waals surface area contributed by atoms with E-state index >= 15 is 0 Å². The number of fused-ring (bicyclic) bond motifs is 2. The number of aromatic carboxylic acids is 1. The number of ether oxygens (including phenoxy) is 1. The van der Waals surface area contributed by atoms with Crippen LogP contribution in [0.3, 0.4) is 0 Å². The Morgan fingerprint density at radius 2 is 1.73 bits per heavy atom. The molecule has 0 saturated carbocycles. The number of hydrogen-bond donors (Lipinski definition) is 2. The van der Waals surface area contributed by atoms with Crippen LogP contribution in [0.25, 0.3) is 10.8 Å². The van der Waals surface area contributed by atoms with Crippen LogP contribution in [0.1, 0.15) is 76.3 Å². The maximum atomic E-state index is 12.0. The van der Waals surface area contributed by atoms with E-state index in [-0.39, 0.29) is 18.1 Å². The first-order chi connectivity index (χ1) is 17.9. The summed E-state index contributed by atoms with van der Waals surface area (Å²) in [7, 11) is 0. The Balaban J connectivity index is 1.28. The van der Waals surface area contributed by atoms with Crippen LogP contribution in [0, 0.1) is 13.8 Å². The topological polar surface area (TPSA) is 58.6 Å². The van der Waals surface area contributed by atoms with Gasteiger partial charge in [0.25, 0.3) is 0 Å². The van der Waals surface area contributed by atoms with Crippen molar-refractivity contribution in [1.29, 1.82) is 0 Å². The molecule has 0 spiro atoms. The van der Waals surface area contributed by atoms with Gasteiger partial charge in [0.2, 0.25) is 0 Å². The molecule has 0 radical (unpaired) electrons. The van der Waals surface area contributed by atoms with E-state index < -0.39 is 5.97 Å². The first-order valence-corrected chi connectivity index (χ1v) is 13.2. The number of carboxylic acids is 1. The second-order valence-electron chi connectivity index (χ2n) is 10.2. The van der Waals surface area contributed by atoms with Crippen molar-refractivity contribution in [1.82, 2.24) is 5.32 Å². The Hall–Kier alpha value is -3.63. The summed E-state index contributed by atoms with van der Waals surface area (Å²) in [6.45, 7) is 6.94. The Bertz CT molecular complexity index is 1420. The minimum absolute atomic E-state index is 0.0866. The molecule has 0 saturated heterocycles. The Kier molecular flexibility index (Phi) is 7.29. The normalized spacial score (nSPS) is 17.7. The summed E-state index contributed by atoms with van der Waals surface area (Å²) in [6.07, 6.45) is 2.88. The summed E-state index contributed by atoms with van der Waals surface area (Å²) < 4.78 is 6.43. The average Bonchev–Trinajstić information content (AvgIpc) is 2.90. The largest absolute Gasteiger partial charge is 0.490 e. The molecule has 4 nitrogen and oxygen atoms in total. The van der Waals surface area contributed by atoms with Gasteiger partial charge in [0, 0.05) is 17.5 Å². The summed E-state index contributed by atoms with van der Waals surface area (Å²) in [5, 5.41) is 16.1. The van der Waals surface area contributed by atoms with Crippen LogP contribution in [0.5, 0.6) is 5.75 Å². The van der Waals surface area contributed by atoms with Crippen molar-refractivity contribution in [2.24, 2.45) is 0 Å². The van der Waals surface area contributed by atoms with Crippen LogP contribution >= 0.6 is 0 Å². The lowest BCUT2D eigenvalue weighted by atomic mass is 9.80. The molecule has 0 fully saturated rings. The molecule has 5 rings (SSSR count). The van der Waals surface area contributed by atoms with Crippen molar-refractivity contribution in [2.75, 3.05) is 6.54 Å². The first-order valence-electron chi connectivity index (χ1n) is 13.2. The molecule has 37 heavy (non-hydrogen) atoms. The molecule has 0 aromatic heterocycles. The van der Waals surface area contributed by atoms with Crippen molar-refractivity contribution >= 4 is 16.7 Å². The van der Waals surface area contributed by atoms with E-state index in [4.69, 9.17) is 4.74 Å². The van der Waals surface area contributed by atoms with Crippen LogP contribution in [0.15, 0.2) is 78.9 Å². The third-order valence-corrected chi connectivity index (χ3v) is 7.83. The molecular weight excluding hydrogens is 458 g/mol. The number of aryl methyl sites for hydroxylation is 1. The maximum absolute atomic E-state index is 12.0. The second kappa shape index (κ2) is 10.8. The van der Waals surface area contributed by atoms with Gasteiger partial charge in [-0.15, -0.1) is 0 Å². The predicted octanol–water partition coefficient (Wildman–Crippen LogP) is 7.57. The van der Waals surface area contributed by atoms with Gasteiger partial charge in [-0.05, 0) is 85.7 Å². The Morgan fingerprint density at radius 1 is 0.973 bits per heavy atom. The van der Waals surface area contributed by atoms with Crippen LogP contribution in [0.2, 0.25) is 0 Å². The molecule has 4 aromatic carbocycles. The van der Waals surface area contributed by atoms with Crippen molar-refractivity contribution < 1.29 is 14.6 Å². The highest BCUT2D eigenvalue weighted by Crippen LogP contribution is 2.43. The van der Waals surface area contributed by atoms with E-state index in [0.29, 0.717) is 5.56 Å². The zero-order chi connectivity index (χ0) is 25.9. The summed E-state index contributed by atoms with van der Waals surface area (Å²) in [4.78, 5) is 12.0. The summed E-state index contributed by atoms with van der Waals surface area (Å²) in [5.41, 5.74) is 5.64. The highest BCUT2D eigenvalue weighted by Gasteiger charge is 2.31. The molecule has 1 heterocycles. The fraction of sp³-hybridized carbons (Fsp3) is 0.303. The number of nitrogens with one attached hydrogen (secondary N) is 1. The number of hydrogen-bond acceptors (Lipinski definition) is 3. The predicted molar refractivity (Wildman–Crippen MR) is 150 cm³/mol. The third-order valence-electron chi connectivity index (χ3n) is 7.83. The lowest BCUT2D eigenvalue weighted by Crippen LogP contribution is -2.28. The second-order valence-corrected chi connectivity index (χ2v) is 10.2. The van der Waals surface area contributed by atoms with E-state index in [0.717, 1.165) is 53.8 Å². The lowest BCUT2D eigenvalue weighted by Gasteiger charge is -2.34. The number of rotatable bonds is 8. The van der Waals surface area contributed by atoms with Gasteiger partial charge in [0.15, 0.2) is 0 Å². The van der Waals surface area contributed by atoms with Gasteiger partial charge in [-0.2, -0.15) is 0 Å². The van der Waals surface area contributed by atoms with Gasteiger partial charge in [-0.25, -0.2) is 4.79 Å². The van der Waals surface area contributed by atoms with Gasteiger partial charge in [-0.1, -0.05) is 72.8 Å². The molecule has 1 aliphatic rings. The summed E-state index contributed by atoms with van der Waals surface area (Å²) in [6, 6.07) is 27.6. The van der Waals surface area contributed by atoms with E-state index in [1.54, 1.807) is 0 Å². The minimum atomic E-state index is -0.861. The van der Waals surface area contributed by atoms with Crippen LogP contribution in [-0.2, 0) is 0 Å². The summed E-state index contributed by atoms with van der Waals surface area (Å²) in [5.74, 6) is 0.175. The highest BCUT2D eigenvalue weighted by molar-refractivity contribution is 5.91. The minimum Gasteiger partial charge on any atom is -0.490 e. The van der Waals surface area contributed by atoms with Crippen molar-refractivity contribution in [3.63, 3.8) is 0 Å². The molecule has 0 aliphatic carbocycles. The molecule has 4 heteroatoms. The van der Waals surface area contributed by atoms with Crippen molar-refractivity contribution in [2.45, 2.75) is 58.1 Å². The van der Waals surface area contributed by atoms with Crippen LogP contribution < -0.4 is 10.1 Å². The third kappa shape index (κ3) is 5.12. The van der Waals surface area contributed by atoms with Crippen molar-refractivity contribution in [3.8, 4) is 5.75 Å². The molecule has 1 aliphatic heterocycles. The van der Waals surface area contributed by atoms with E-state index in [1.165, 1.54) is 16.3 Å². The van der Waals surface area contributed by atoms with Gasteiger partial charge < -0.3 is 15.2 Å². The van der Waals surface area contributed by atoms with Crippen molar-refractivity contribution in [3.05, 3.63) is 112 Å². The van der Waals surface area contributed by atoms with Gasteiger partial charge >= 0.3 is 5.97 Å². The molecule has 1 unspecified atom stereocenters. The number of carboxylic acid groups (broad SMARTS) is 1. The number of para-hydroxylation sites is 1. The highest BCUT2D eigenvalue weighted by atomic mass is 16.5. The molecule has 4 aromatic rings. The zero-order valence-corrected chi connectivity index (χ0v) is 21.8. The fourth-order valence-corrected chi connectivity index (χ4v) is 5.92. The molecule has 3 atom stereocenters. The smallest absolute Gasteiger partial charge is 0.336 e. The summed E-state index contributed by atoms with van der Waals surface area (Å²) >= 11 is 0. The Labute approximate surface area is 219 Å². The Morgan fingerprint density at radius 3 is 2.57 bits per heavy atom. The number of carbonyl (C=O) groups is 1. The van der Waals surface area contributed by atoms with Gasteiger partial charge in [0.1, 0.15) is 5.75 Å². The van der Waals surface area contributed by atoms with E-state index in [9.17, 15) is 9.90 Å². The lowest BCUT2D eigenvalue weighted by molar-refractivity contribution is 0.0695. The van der Waals surface area contributed by atoms with Crippen LogP contribution in [0.4, 0.5) is 0 Å². The standard InChI is InChI=1S/C33H35NO3/c1-21-17-18-26(22(2)32(21)33(35)36)30-20-25(37-31-16-7-6-14-29(30)31)12-9-19-34-23(3)27-15-8-11-24-10-4-5-13-28(24)27/h4-8,10-11,13-18,23,25,30,34H,9,12,19-20H2,1-3H3,(H,35,36)/t23?,25-,30-/m0/s1. The van der Waals surface area contributed by atoms with E-state index in [1.807, 2.05) is 38.1 Å². The SMILES string of the molecule is Cc1ccc([C@@H]2C[C@H](CCCNC(C)c3cccc4ccccc34)Oc3ccccc32)c(C)c1C(=O)O. The molecule has 0 amide bonds. The zero-order valence-electron chi connectivity index (χ0n) is 21.8. The first kappa shape index (κ1) is 25.0. The number of benzene rings is 4.